The van der Waals surface area contributed by atoms with Gasteiger partial charge in [0.15, 0.2) is 0 Å². The summed E-state index contributed by atoms with van der Waals surface area (Å²) in [6.45, 7) is 5.54. The molecule has 0 aromatic heterocycles. The summed E-state index contributed by atoms with van der Waals surface area (Å²) >= 11 is 6.14. The van der Waals surface area contributed by atoms with Crippen molar-refractivity contribution in [3.8, 4) is 5.75 Å². The van der Waals surface area contributed by atoms with E-state index in [4.69, 9.17) is 26.8 Å². The fraction of sp³-hybridized carbons (Fsp3) is 0.667. The van der Waals surface area contributed by atoms with Crippen LogP contribution in [0, 0.1) is 12.8 Å². The first-order chi connectivity index (χ1) is 13.9. The number of nitrogen functional groups attached to an aromatic ring is 1. The van der Waals surface area contributed by atoms with Crippen molar-refractivity contribution in [2.45, 2.75) is 44.8 Å². The summed E-state index contributed by atoms with van der Waals surface area (Å²) in [5.74, 6) is 0.169. The van der Waals surface area contributed by atoms with Crippen molar-refractivity contribution in [1.82, 2.24) is 10.2 Å². The van der Waals surface area contributed by atoms with Crippen molar-refractivity contribution in [2.24, 2.45) is 5.92 Å². The molecule has 0 bridgehead atoms. The lowest BCUT2D eigenvalue weighted by Crippen LogP contribution is -2.48. The number of hydrogen-bond acceptors (Lipinski definition) is 6. The van der Waals surface area contributed by atoms with Crippen molar-refractivity contribution < 1.29 is 19.4 Å². The molecule has 1 unspecified atom stereocenters. The standard InChI is InChI=1S/C21H32ClN3O4/c1-13-19(23)17(22)10-16(20(13)28-2)21(27)24-11-14-5-7-25(12-18(14)26)8-6-15-4-3-9-29-15/h10,14-15,18,26H,3-9,11-12,23H2,1-2H3,(H,24,27)/t14-,15?,18+/m1/s1. The molecule has 2 fully saturated rings. The number of hydrogen-bond donors (Lipinski definition) is 3. The van der Waals surface area contributed by atoms with Crippen LogP contribution in [0.5, 0.6) is 5.75 Å². The maximum absolute atomic E-state index is 12.7. The molecular weight excluding hydrogens is 394 g/mol. The number of aliphatic hydroxyl groups is 1. The second-order valence-electron chi connectivity index (χ2n) is 8.03. The molecule has 2 aliphatic heterocycles. The number of halogens is 1. The second kappa shape index (κ2) is 9.98. The highest BCUT2D eigenvalue weighted by atomic mass is 35.5. The lowest BCUT2D eigenvalue weighted by Gasteiger charge is -2.36. The molecule has 29 heavy (non-hydrogen) atoms. The van der Waals surface area contributed by atoms with Gasteiger partial charge in [-0.3, -0.25) is 4.79 Å². The third kappa shape index (κ3) is 5.34. The number of piperidine rings is 1. The number of β-amino-alcohol motifs (C(OH)–C–C–N with tert-alkyl or cyclic N) is 1. The van der Waals surface area contributed by atoms with Gasteiger partial charge in [-0.25, -0.2) is 0 Å². The monoisotopic (exact) mass is 425 g/mol. The van der Waals surface area contributed by atoms with E-state index in [1.165, 1.54) is 13.2 Å². The largest absolute Gasteiger partial charge is 0.496 e. The smallest absolute Gasteiger partial charge is 0.255 e. The number of amides is 1. The zero-order chi connectivity index (χ0) is 21.0. The maximum atomic E-state index is 12.7. The Labute approximate surface area is 177 Å². The molecule has 2 saturated heterocycles. The number of carbonyl (C=O) groups is 1. The number of nitrogens with two attached hydrogens (primary N) is 1. The summed E-state index contributed by atoms with van der Waals surface area (Å²) in [4.78, 5) is 15.0. The molecule has 0 spiro atoms. The number of ether oxygens (including phenoxy) is 2. The predicted octanol–water partition coefficient (Wildman–Crippen LogP) is 2.22. The molecule has 0 radical (unpaired) electrons. The first-order valence-corrected chi connectivity index (χ1v) is 10.7. The molecule has 1 aromatic rings. The quantitative estimate of drug-likeness (QED) is 0.579. The molecule has 3 rings (SSSR count). The number of anilines is 1. The number of likely N-dealkylation sites (tertiary alicyclic amines) is 1. The van der Waals surface area contributed by atoms with Crippen LogP contribution in [0.25, 0.3) is 0 Å². The molecule has 1 aromatic carbocycles. The van der Waals surface area contributed by atoms with Crippen molar-refractivity contribution >= 4 is 23.2 Å². The predicted molar refractivity (Wildman–Crippen MR) is 114 cm³/mol. The minimum atomic E-state index is -0.466. The van der Waals surface area contributed by atoms with E-state index in [1.807, 2.05) is 0 Å². The average molecular weight is 426 g/mol. The van der Waals surface area contributed by atoms with Crippen LogP contribution < -0.4 is 15.8 Å². The molecule has 0 aliphatic carbocycles. The highest BCUT2D eigenvalue weighted by molar-refractivity contribution is 6.33. The third-order valence-corrected chi connectivity index (χ3v) is 6.40. The molecule has 8 heteroatoms. The highest BCUT2D eigenvalue weighted by Gasteiger charge is 2.29. The molecule has 4 N–H and O–H groups in total. The Bertz CT molecular complexity index is 724. The summed E-state index contributed by atoms with van der Waals surface area (Å²) in [5, 5.41) is 13.8. The number of aliphatic hydroxyl groups excluding tert-OH is 1. The number of methoxy groups -OCH3 is 1. The van der Waals surface area contributed by atoms with Crippen LogP contribution in [0.2, 0.25) is 5.02 Å². The maximum Gasteiger partial charge on any atom is 0.255 e. The van der Waals surface area contributed by atoms with Crippen molar-refractivity contribution in [1.29, 1.82) is 0 Å². The molecule has 1 amide bonds. The van der Waals surface area contributed by atoms with Gasteiger partial charge in [0, 0.05) is 37.7 Å². The molecule has 7 nitrogen and oxygen atoms in total. The van der Waals surface area contributed by atoms with Gasteiger partial charge in [-0.15, -0.1) is 0 Å². The van der Waals surface area contributed by atoms with Gasteiger partial charge in [0.1, 0.15) is 5.75 Å². The first-order valence-electron chi connectivity index (χ1n) is 10.3. The summed E-state index contributed by atoms with van der Waals surface area (Å²) in [6, 6.07) is 1.53. The van der Waals surface area contributed by atoms with E-state index in [0.717, 1.165) is 45.4 Å². The van der Waals surface area contributed by atoms with Gasteiger partial charge < -0.3 is 30.5 Å². The van der Waals surface area contributed by atoms with E-state index in [-0.39, 0.29) is 11.8 Å². The van der Waals surface area contributed by atoms with Crippen molar-refractivity contribution in [3.63, 3.8) is 0 Å². The van der Waals surface area contributed by atoms with Gasteiger partial charge >= 0.3 is 0 Å². The average Bonchev–Trinajstić information content (AvgIpc) is 3.23. The number of carbonyl (C=O) groups excluding carboxylic acids is 1. The summed E-state index contributed by atoms with van der Waals surface area (Å²) in [5.41, 5.74) is 7.33. The minimum Gasteiger partial charge on any atom is -0.496 e. The number of benzene rings is 1. The lowest BCUT2D eigenvalue weighted by atomic mass is 9.93. The normalized spacial score (nSPS) is 25.2. The number of nitrogens with zero attached hydrogens (tertiary/aromatic N) is 1. The van der Waals surface area contributed by atoms with Gasteiger partial charge in [0.2, 0.25) is 0 Å². The Hall–Kier alpha value is -1.54. The van der Waals surface area contributed by atoms with Gasteiger partial charge in [-0.2, -0.15) is 0 Å². The third-order valence-electron chi connectivity index (χ3n) is 6.09. The Morgan fingerprint density at radius 2 is 2.28 bits per heavy atom. The fourth-order valence-corrected chi connectivity index (χ4v) is 4.46. The van der Waals surface area contributed by atoms with Crippen LogP contribution in [0.4, 0.5) is 5.69 Å². The molecule has 2 aliphatic rings. The van der Waals surface area contributed by atoms with Crippen LogP contribution in [0.1, 0.15) is 41.6 Å². The molecule has 162 valence electrons. The minimum absolute atomic E-state index is 0.0225. The van der Waals surface area contributed by atoms with Gasteiger partial charge in [0.05, 0.1) is 35.6 Å². The van der Waals surface area contributed by atoms with Crippen LogP contribution in [-0.2, 0) is 4.74 Å². The Morgan fingerprint density at radius 3 is 2.93 bits per heavy atom. The zero-order valence-electron chi connectivity index (χ0n) is 17.2. The van der Waals surface area contributed by atoms with E-state index in [9.17, 15) is 9.90 Å². The van der Waals surface area contributed by atoms with Gasteiger partial charge in [-0.1, -0.05) is 11.6 Å². The molecule has 2 heterocycles. The Kier molecular flexibility index (Phi) is 7.62. The van der Waals surface area contributed by atoms with Crippen LogP contribution in [-0.4, -0.2) is 68.0 Å². The SMILES string of the molecule is COc1c(C(=O)NC[C@H]2CCN(CCC3CCCO3)C[C@@H]2O)cc(Cl)c(N)c1C. The van der Waals surface area contributed by atoms with E-state index < -0.39 is 6.10 Å². The van der Waals surface area contributed by atoms with Gasteiger partial charge in [0.25, 0.3) is 5.91 Å². The topological polar surface area (TPSA) is 97.0 Å². The summed E-state index contributed by atoms with van der Waals surface area (Å²) < 4.78 is 11.0. The fourth-order valence-electron chi connectivity index (χ4n) is 4.21. The first kappa shape index (κ1) is 22.2. The van der Waals surface area contributed by atoms with E-state index in [0.29, 0.717) is 46.8 Å². The molecule has 3 atom stereocenters. The summed E-state index contributed by atoms with van der Waals surface area (Å²) in [6.07, 6.45) is 4.06. The lowest BCUT2D eigenvalue weighted by molar-refractivity contribution is 0.0140. The Balaban J connectivity index is 1.51. The van der Waals surface area contributed by atoms with E-state index in [1.54, 1.807) is 6.92 Å². The highest BCUT2D eigenvalue weighted by Crippen LogP contribution is 2.34. The van der Waals surface area contributed by atoms with Crippen LogP contribution in [0.15, 0.2) is 6.07 Å². The Morgan fingerprint density at radius 1 is 1.48 bits per heavy atom. The zero-order valence-corrected chi connectivity index (χ0v) is 18.0. The number of rotatable bonds is 7. The molecular formula is C21H32ClN3O4. The van der Waals surface area contributed by atoms with Gasteiger partial charge in [-0.05, 0) is 45.2 Å². The van der Waals surface area contributed by atoms with Crippen LogP contribution in [0.3, 0.4) is 0 Å². The summed E-state index contributed by atoms with van der Waals surface area (Å²) in [7, 11) is 1.50. The molecule has 0 saturated carbocycles. The second-order valence-corrected chi connectivity index (χ2v) is 8.44. The number of nitrogens with one attached hydrogen (secondary N) is 1. The van der Waals surface area contributed by atoms with Crippen molar-refractivity contribution in [3.05, 3.63) is 22.2 Å². The van der Waals surface area contributed by atoms with Crippen LogP contribution >= 0.6 is 11.6 Å². The van der Waals surface area contributed by atoms with E-state index >= 15 is 0 Å². The van der Waals surface area contributed by atoms with E-state index in [2.05, 4.69) is 10.2 Å². The van der Waals surface area contributed by atoms with Crippen molar-refractivity contribution in [2.75, 3.05) is 45.6 Å².